The first-order chi connectivity index (χ1) is 26.5. The van der Waals surface area contributed by atoms with Gasteiger partial charge in [-0.2, -0.15) is 5.10 Å². The summed E-state index contributed by atoms with van der Waals surface area (Å²) in [6.07, 6.45) is -2.32. The average Bonchev–Trinajstić information content (AvgIpc) is 3.93. The van der Waals surface area contributed by atoms with E-state index in [2.05, 4.69) is 5.10 Å². The number of aromatic nitrogens is 4. The molecule has 1 atom stereocenters. The van der Waals surface area contributed by atoms with Gasteiger partial charge in [0.2, 0.25) is 10.0 Å². The fraction of sp³-hybridized carbons (Fsp3) is 0.325. The minimum absolute atomic E-state index is 0.00403. The first-order valence-corrected chi connectivity index (χ1v) is 19.7. The van der Waals surface area contributed by atoms with E-state index in [4.69, 9.17) is 27.1 Å². The predicted molar refractivity (Wildman–Crippen MR) is 208 cm³/mol. The van der Waals surface area contributed by atoms with Crippen molar-refractivity contribution in [3.05, 3.63) is 122 Å². The Balaban J connectivity index is 1.51. The second-order valence-electron chi connectivity index (χ2n) is 15.0. The second-order valence-corrected chi connectivity index (χ2v) is 17.5. The summed E-state index contributed by atoms with van der Waals surface area (Å²) < 4.78 is 94.2. The largest absolute Gasteiger partial charge is 0.497 e. The number of nitrogens with two attached hydrogens (primary N) is 1. The Labute approximate surface area is 325 Å². The van der Waals surface area contributed by atoms with Gasteiger partial charge in [-0.15, -0.1) is 0 Å². The van der Waals surface area contributed by atoms with Gasteiger partial charge in [-0.25, -0.2) is 35.3 Å². The highest BCUT2D eigenvalue weighted by Crippen LogP contribution is 2.42. The summed E-state index contributed by atoms with van der Waals surface area (Å²) in [6.45, 7) is 4.78. The molecule has 4 aromatic carbocycles. The third kappa shape index (κ3) is 7.59. The Morgan fingerprint density at radius 3 is 2.27 bits per heavy atom. The van der Waals surface area contributed by atoms with Crippen molar-refractivity contribution in [3.63, 3.8) is 0 Å². The van der Waals surface area contributed by atoms with Crippen molar-refractivity contribution in [1.82, 2.24) is 19.3 Å². The Morgan fingerprint density at radius 2 is 1.66 bits per heavy atom. The van der Waals surface area contributed by atoms with Crippen molar-refractivity contribution in [1.29, 1.82) is 0 Å². The predicted octanol–water partition coefficient (Wildman–Crippen LogP) is 7.98. The lowest BCUT2D eigenvalue weighted by molar-refractivity contribution is 0.123. The normalized spacial score (nSPS) is 14.2. The number of hydrogen-bond acceptors (Lipinski definition) is 7. The summed E-state index contributed by atoms with van der Waals surface area (Å²) in [7, 11) is -2.59. The molecule has 294 valence electrons. The number of ether oxygens (including phenoxy) is 1. The molecule has 2 heterocycles. The van der Waals surface area contributed by atoms with Crippen molar-refractivity contribution in [2.45, 2.75) is 76.3 Å². The van der Waals surface area contributed by atoms with Crippen LogP contribution in [-0.2, 0) is 34.9 Å². The van der Waals surface area contributed by atoms with Gasteiger partial charge in [-0.1, -0.05) is 50.6 Å². The third-order valence-electron chi connectivity index (χ3n) is 9.80. The molecule has 1 aliphatic carbocycles. The highest BCUT2D eigenvalue weighted by Gasteiger charge is 2.42. The van der Waals surface area contributed by atoms with Crippen LogP contribution < -0.4 is 20.3 Å². The lowest BCUT2D eigenvalue weighted by Gasteiger charge is -2.23. The molecule has 0 unspecified atom stereocenters. The van der Waals surface area contributed by atoms with Crippen molar-refractivity contribution in [2.24, 2.45) is 5.73 Å². The molecule has 0 spiro atoms. The third-order valence-corrected chi connectivity index (χ3v) is 12.3. The van der Waals surface area contributed by atoms with Crippen LogP contribution in [0.3, 0.4) is 0 Å². The van der Waals surface area contributed by atoms with Crippen LogP contribution in [0.25, 0.3) is 27.5 Å². The Bertz CT molecular complexity index is 2620. The van der Waals surface area contributed by atoms with Gasteiger partial charge in [-0.3, -0.25) is 14.0 Å². The highest BCUT2D eigenvalue weighted by atomic mass is 35.5. The van der Waals surface area contributed by atoms with E-state index in [-0.39, 0.29) is 62.6 Å². The molecule has 6 aromatic rings. The Kier molecular flexibility index (Phi) is 10.4. The van der Waals surface area contributed by atoms with E-state index in [0.29, 0.717) is 29.7 Å². The molecule has 1 aliphatic rings. The van der Waals surface area contributed by atoms with Gasteiger partial charge in [0.05, 0.1) is 57.5 Å². The standard InChI is InChI=1S/C40H39ClF4N6O4S/c1-40(2,3)24-7-12-29-32(18-24)47-37(31(46)17-23-15-25(42)19-26(43)16-23)51(39(29)52)33-14-13-30(41)35-36(33)49(21-34(44)45)48-38(35)50(56(53,54)28-10-11-28)20-22-5-8-27(55-4)9-6-22/h5-9,12-16,18-19,28,31,34H,10-11,17,20-21,46H2,1-4H3/t31-/m0/s1. The van der Waals surface area contributed by atoms with Crippen molar-refractivity contribution in [3.8, 4) is 11.4 Å². The maximum absolute atomic E-state index is 14.7. The molecule has 56 heavy (non-hydrogen) atoms. The zero-order valence-electron chi connectivity index (χ0n) is 30.9. The maximum Gasteiger partial charge on any atom is 0.266 e. The lowest BCUT2D eigenvalue weighted by Crippen LogP contribution is -2.34. The van der Waals surface area contributed by atoms with Crippen LogP contribution in [0.2, 0.25) is 5.02 Å². The van der Waals surface area contributed by atoms with Crippen LogP contribution in [0.5, 0.6) is 5.75 Å². The summed E-state index contributed by atoms with van der Waals surface area (Å²) in [6, 6.07) is 16.5. The number of hydrogen-bond donors (Lipinski definition) is 1. The van der Waals surface area contributed by atoms with Crippen LogP contribution in [0.1, 0.15) is 62.2 Å². The van der Waals surface area contributed by atoms with E-state index >= 15 is 0 Å². The van der Waals surface area contributed by atoms with Gasteiger partial charge >= 0.3 is 0 Å². The molecule has 7 rings (SSSR count). The maximum atomic E-state index is 14.7. The number of rotatable bonds is 12. The molecule has 1 fully saturated rings. The number of sulfonamides is 1. The molecular formula is C40H39ClF4N6O4S. The SMILES string of the molecule is COc1ccc(CN(c2nn(CC(F)F)c3c(-n4c([C@@H](N)Cc5cc(F)cc(F)c5)nc5cc(C(C)(C)C)ccc5c4=O)ccc(Cl)c23)S(=O)(=O)C2CC2)cc1. The quantitative estimate of drug-likeness (QED) is 0.124. The minimum atomic E-state index is -4.09. The fourth-order valence-corrected chi connectivity index (χ4v) is 8.84. The van der Waals surface area contributed by atoms with Crippen molar-refractivity contribution >= 4 is 49.2 Å². The molecule has 1 saturated carbocycles. The zero-order valence-corrected chi connectivity index (χ0v) is 32.5. The molecule has 0 radical (unpaired) electrons. The summed E-state index contributed by atoms with van der Waals surface area (Å²) in [5, 5.41) is 3.94. The van der Waals surface area contributed by atoms with E-state index in [9.17, 15) is 30.8 Å². The number of fused-ring (bicyclic) bond motifs is 2. The van der Waals surface area contributed by atoms with Crippen LogP contribution in [0.4, 0.5) is 23.4 Å². The van der Waals surface area contributed by atoms with E-state index < -0.39 is 51.5 Å². The monoisotopic (exact) mass is 810 g/mol. The molecule has 16 heteroatoms. The molecule has 0 aliphatic heterocycles. The molecule has 0 amide bonds. The summed E-state index contributed by atoms with van der Waals surface area (Å²) in [5.74, 6) is -1.35. The molecule has 2 N–H and O–H groups in total. The zero-order chi connectivity index (χ0) is 40.3. The number of alkyl halides is 2. The number of benzene rings is 4. The number of halogens is 5. The number of nitrogens with zero attached hydrogens (tertiary/aromatic N) is 5. The van der Waals surface area contributed by atoms with Crippen LogP contribution in [0, 0.1) is 11.6 Å². The van der Waals surface area contributed by atoms with Gasteiger partial charge in [0.15, 0.2) is 5.82 Å². The summed E-state index contributed by atoms with van der Waals surface area (Å²) >= 11 is 6.86. The topological polar surface area (TPSA) is 125 Å². The number of methoxy groups -OCH3 is 1. The van der Waals surface area contributed by atoms with E-state index in [1.54, 1.807) is 42.5 Å². The van der Waals surface area contributed by atoms with Crippen LogP contribution in [0.15, 0.2) is 77.6 Å². The van der Waals surface area contributed by atoms with E-state index in [0.717, 1.165) is 37.3 Å². The first-order valence-electron chi connectivity index (χ1n) is 17.9. The first kappa shape index (κ1) is 39.3. The van der Waals surface area contributed by atoms with Crippen molar-refractivity contribution < 1.29 is 30.7 Å². The molecule has 10 nitrogen and oxygen atoms in total. The van der Waals surface area contributed by atoms with Crippen LogP contribution >= 0.6 is 11.6 Å². The minimum Gasteiger partial charge on any atom is -0.497 e. The second kappa shape index (κ2) is 14.8. The molecule has 0 bridgehead atoms. The average molecular weight is 811 g/mol. The van der Waals surface area contributed by atoms with Crippen molar-refractivity contribution in [2.75, 3.05) is 11.4 Å². The van der Waals surface area contributed by atoms with Gasteiger partial charge in [-0.05, 0) is 89.9 Å². The van der Waals surface area contributed by atoms with Gasteiger partial charge in [0.25, 0.3) is 12.0 Å². The summed E-state index contributed by atoms with van der Waals surface area (Å²) in [4.78, 5) is 19.6. The number of anilines is 1. The Morgan fingerprint density at radius 1 is 0.982 bits per heavy atom. The van der Waals surface area contributed by atoms with Gasteiger partial charge < -0.3 is 10.5 Å². The fourth-order valence-electron chi connectivity index (χ4n) is 6.81. The molecule has 0 saturated heterocycles. The molecular weight excluding hydrogens is 772 g/mol. The van der Waals surface area contributed by atoms with E-state index in [1.165, 1.54) is 19.2 Å². The van der Waals surface area contributed by atoms with Crippen LogP contribution in [-0.4, -0.2) is 46.5 Å². The summed E-state index contributed by atoms with van der Waals surface area (Å²) in [5.41, 5.74) is 7.64. The lowest BCUT2D eigenvalue weighted by atomic mass is 9.86. The Hall–Kier alpha value is -4.99. The van der Waals surface area contributed by atoms with E-state index in [1.807, 2.05) is 20.8 Å². The smallest absolute Gasteiger partial charge is 0.266 e. The van der Waals surface area contributed by atoms with Gasteiger partial charge in [0.1, 0.15) is 29.8 Å². The highest BCUT2D eigenvalue weighted by molar-refractivity contribution is 7.93. The van der Waals surface area contributed by atoms with Gasteiger partial charge in [0, 0.05) is 6.07 Å². The molecule has 2 aromatic heterocycles.